The van der Waals surface area contributed by atoms with E-state index < -0.39 is 0 Å². The number of hydrogen-bond acceptors (Lipinski definition) is 0. The summed E-state index contributed by atoms with van der Waals surface area (Å²) in [4.78, 5) is 0. The monoisotopic (exact) mass is 385 g/mol. The van der Waals surface area contributed by atoms with Crippen molar-refractivity contribution in [2.24, 2.45) is 0 Å². The van der Waals surface area contributed by atoms with Crippen molar-refractivity contribution in [2.75, 3.05) is 0 Å². The van der Waals surface area contributed by atoms with Crippen LogP contribution in [0.4, 0.5) is 9.41 Å². The van der Waals surface area contributed by atoms with Gasteiger partial charge < -0.3 is 0 Å². The standard InChI is InChI=1S/C20H15.2FH.Zr/c1-20(13-16-8-2-3-9-17(16)14-20)19-12-6-10-15-7-4-5-11-18(15)19;;;/h2-13H,1H3;2*1H;. The van der Waals surface area contributed by atoms with E-state index in [4.69, 9.17) is 0 Å². The number of fused-ring (bicyclic) bond motifs is 2. The maximum absolute atomic E-state index is 2.44. The summed E-state index contributed by atoms with van der Waals surface area (Å²) in [5.74, 6) is 0. The maximum Gasteiger partial charge on any atom is -0.269 e. The molecule has 0 radical (unpaired) electrons. The van der Waals surface area contributed by atoms with Gasteiger partial charge in [-0.3, -0.25) is 9.41 Å². The second kappa shape index (κ2) is 6.49. The van der Waals surface area contributed by atoms with Crippen LogP contribution in [0.15, 0.2) is 66.7 Å². The zero-order valence-electron chi connectivity index (χ0n) is 12.7. The van der Waals surface area contributed by atoms with Gasteiger partial charge in [-0.25, -0.2) is 0 Å². The van der Waals surface area contributed by atoms with Gasteiger partial charge in [-0.1, -0.05) is 0 Å². The molecule has 1 aliphatic carbocycles. The van der Waals surface area contributed by atoms with Gasteiger partial charge in [0, 0.05) is 0 Å². The summed E-state index contributed by atoms with van der Waals surface area (Å²) >= 11 is 1.50. The summed E-state index contributed by atoms with van der Waals surface area (Å²) in [6, 6.07) is 24.1. The molecule has 0 amide bonds. The van der Waals surface area contributed by atoms with Crippen LogP contribution in [-0.4, -0.2) is 0 Å². The first-order chi connectivity index (χ1) is 10.2. The van der Waals surface area contributed by atoms with E-state index in [0.29, 0.717) is 0 Å². The summed E-state index contributed by atoms with van der Waals surface area (Å²) in [6.07, 6.45) is 2.44. The fourth-order valence-electron chi connectivity index (χ4n) is 3.40. The van der Waals surface area contributed by atoms with Crippen LogP contribution in [0.5, 0.6) is 0 Å². The van der Waals surface area contributed by atoms with Crippen molar-refractivity contribution in [3.8, 4) is 0 Å². The fourth-order valence-corrected chi connectivity index (χ4v) is 4.47. The molecule has 3 aromatic carbocycles. The molecule has 0 heterocycles. The van der Waals surface area contributed by atoms with Crippen molar-refractivity contribution in [1.82, 2.24) is 0 Å². The molecule has 0 aromatic heterocycles. The predicted octanol–water partition coefficient (Wildman–Crippen LogP) is 3.55. The molecule has 0 saturated heterocycles. The third kappa shape index (κ3) is 2.62. The fraction of sp³-hybridized carbons (Fsp3) is 0.100. The van der Waals surface area contributed by atoms with E-state index >= 15 is 0 Å². The van der Waals surface area contributed by atoms with E-state index in [1.54, 1.807) is 0 Å². The quantitative estimate of drug-likeness (QED) is 0.600. The van der Waals surface area contributed by atoms with Crippen molar-refractivity contribution < 1.29 is 34.1 Å². The van der Waals surface area contributed by atoms with Crippen LogP contribution >= 0.6 is 0 Å². The van der Waals surface area contributed by atoms with Crippen LogP contribution < -0.4 is 10.4 Å². The summed E-state index contributed by atoms with van der Waals surface area (Å²) in [6.45, 7) is 2.36. The van der Waals surface area contributed by atoms with Crippen molar-refractivity contribution in [1.29, 1.82) is 0 Å². The Morgan fingerprint density at radius 1 is 0.783 bits per heavy atom. The first-order valence-electron chi connectivity index (χ1n) is 7.23. The van der Waals surface area contributed by atoms with E-state index in [2.05, 4.69) is 79.7 Å². The second-order valence-electron chi connectivity index (χ2n) is 5.84. The molecule has 4 rings (SSSR count). The van der Waals surface area contributed by atoms with Gasteiger partial charge in [0.15, 0.2) is 0 Å². The molecule has 115 valence electrons. The topological polar surface area (TPSA) is 0 Å². The molecule has 0 aliphatic heterocycles. The van der Waals surface area contributed by atoms with Gasteiger partial charge >= 0.3 is 140 Å². The average molecular weight is 387 g/mol. The Kier molecular flexibility index (Phi) is 5.01. The van der Waals surface area contributed by atoms with Gasteiger partial charge in [-0.05, 0) is 0 Å². The van der Waals surface area contributed by atoms with E-state index in [-0.39, 0.29) is 14.8 Å². The van der Waals surface area contributed by atoms with Crippen LogP contribution in [0.25, 0.3) is 20.1 Å². The van der Waals surface area contributed by atoms with Gasteiger partial charge in [-0.2, -0.15) is 0 Å². The summed E-state index contributed by atoms with van der Waals surface area (Å²) in [5, 5.41) is 5.49. The van der Waals surface area contributed by atoms with Crippen molar-refractivity contribution in [3.63, 3.8) is 0 Å². The predicted molar refractivity (Wildman–Crippen MR) is 89.9 cm³/mol. The zero-order valence-corrected chi connectivity index (χ0v) is 15.2. The first kappa shape index (κ1) is 17.8. The van der Waals surface area contributed by atoms with Crippen LogP contribution in [0, 0.1) is 0 Å². The molecular weight excluding hydrogens is 369 g/mol. The Morgan fingerprint density at radius 2 is 1.43 bits per heavy atom. The minimum Gasteiger partial charge on any atom is -0.269 e. The van der Waals surface area contributed by atoms with Crippen LogP contribution in [0.3, 0.4) is 0 Å². The SMILES string of the molecule is CC1(c2cccc3ccccc23)C=c2ccccc2=[C]1[Zr].F.F. The van der Waals surface area contributed by atoms with E-state index in [1.165, 1.54) is 54.8 Å². The van der Waals surface area contributed by atoms with Crippen molar-refractivity contribution in [3.05, 3.63) is 82.7 Å². The van der Waals surface area contributed by atoms with Gasteiger partial charge in [-0.15, -0.1) is 0 Å². The van der Waals surface area contributed by atoms with Crippen LogP contribution in [0.1, 0.15) is 12.5 Å². The van der Waals surface area contributed by atoms with E-state index in [0.717, 1.165) is 0 Å². The molecule has 1 aliphatic rings. The molecule has 0 bridgehead atoms. The first-order valence-corrected chi connectivity index (χ1v) is 8.46. The summed E-state index contributed by atoms with van der Waals surface area (Å²) in [5.41, 5.74) is 1.44. The van der Waals surface area contributed by atoms with Gasteiger partial charge in [0.1, 0.15) is 0 Å². The van der Waals surface area contributed by atoms with Gasteiger partial charge in [0.25, 0.3) is 0 Å². The van der Waals surface area contributed by atoms with Crippen molar-refractivity contribution in [2.45, 2.75) is 12.3 Å². The Morgan fingerprint density at radius 3 is 2.22 bits per heavy atom. The van der Waals surface area contributed by atoms with E-state index in [9.17, 15) is 0 Å². The summed E-state index contributed by atoms with van der Waals surface area (Å²) in [7, 11) is 0. The molecule has 3 aromatic rings. The third-order valence-electron chi connectivity index (χ3n) is 4.54. The van der Waals surface area contributed by atoms with Gasteiger partial charge in [0.2, 0.25) is 0 Å². The Hall–Kier alpha value is -1.60. The number of benzene rings is 3. The smallest absolute Gasteiger partial charge is 0.269 e. The van der Waals surface area contributed by atoms with Crippen molar-refractivity contribution >= 4 is 20.1 Å². The molecule has 1 atom stereocenters. The molecule has 23 heavy (non-hydrogen) atoms. The third-order valence-corrected chi connectivity index (χ3v) is 6.48. The average Bonchev–Trinajstić information content (AvgIpc) is 2.79. The Balaban J connectivity index is 0.000000960. The zero-order chi connectivity index (χ0) is 14.4. The maximum atomic E-state index is 2.44. The molecule has 0 nitrogen and oxygen atoms in total. The van der Waals surface area contributed by atoms with Crippen LogP contribution in [0.2, 0.25) is 0 Å². The Bertz CT molecular complexity index is 973. The molecule has 3 heteroatoms. The molecular formula is C20H17F2Zr. The normalized spacial score (nSPS) is 18.5. The number of rotatable bonds is 1. The molecule has 1 unspecified atom stereocenters. The molecule has 0 fully saturated rings. The summed E-state index contributed by atoms with van der Waals surface area (Å²) < 4.78 is 1.53. The number of hydrogen-bond donors (Lipinski definition) is 0. The molecule has 0 spiro atoms. The minimum atomic E-state index is 0. The van der Waals surface area contributed by atoms with Gasteiger partial charge in [0.05, 0.1) is 0 Å². The molecule has 0 saturated carbocycles. The van der Waals surface area contributed by atoms with E-state index in [1.807, 2.05) is 0 Å². The molecule has 0 N–H and O–H groups in total. The Labute approximate surface area is 149 Å². The minimum absolute atomic E-state index is 0. The number of halogens is 2. The van der Waals surface area contributed by atoms with Crippen LogP contribution in [-0.2, 0) is 30.1 Å². The second-order valence-corrected chi connectivity index (χ2v) is 7.06. The largest absolute Gasteiger partial charge is 0.269 e.